The second-order valence-electron chi connectivity index (χ2n) is 2.69. The molecule has 2 rings (SSSR count). The highest BCUT2D eigenvalue weighted by Gasteiger charge is 2.04. The molecule has 5 nitrogen and oxygen atoms in total. The second-order valence-corrected chi connectivity index (χ2v) is 2.69. The lowest BCUT2D eigenvalue weighted by Crippen LogP contribution is -1.99. The Morgan fingerprint density at radius 1 is 1.46 bits per heavy atom. The maximum atomic E-state index is 4.80. The monoisotopic (exact) mass is 178 g/mol. The van der Waals surface area contributed by atoms with E-state index in [0.29, 0.717) is 5.82 Å². The first-order valence-corrected chi connectivity index (χ1v) is 3.88. The third-order valence-electron chi connectivity index (χ3n) is 1.86. The molecule has 0 radical (unpaired) electrons. The van der Waals surface area contributed by atoms with Crippen LogP contribution in [0.1, 0.15) is 0 Å². The standard InChI is InChI=1S/C8H10N4O/c1-12-4-3-6-7(11-13-2)9-5-10-8(6)12/h3-5H,1-2H3,(H,9,10,11). The minimum Gasteiger partial charge on any atom is -0.335 e. The summed E-state index contributed by atoms with van der Waals surface area (Å²) in [5, 5.41) is 0.951. The number of hydrogen-bond donors (Lipinski definition) is 1. The van der Waals surface area contributed by atoms with E-state index in [1.165, 1.54) is 6.33 Å². The van der Waals surface area contributed by atoms with Gasteiger partial charge in [0.2, 0.25) is 0 Å². The van der Waals surface area contributed by atoms with Crippen LogP contribution < -0.4 is 5.48 Å². The van der Waals surface area contributed by atoms with E-state index in [-0.39, 0.29) is 0 Å². The van der Waals surface area contributed by atoms with Crippen LogP contribution in [0.25, 0.3) is 11.0 Å². The van der Waals surface area contributed by atoms with Crippen LogP contribution in [0.3, 0.4) is 0 Å². The molecule has 0 aromatic carbocycles. The van der Waals surface area contributed by atoms with Gasteiger partial charge in [-0.05, 0) is 6.07 Å². The van der Waals surface area contributed by atoms with Gasteiger partial charge in [-0.15, -0.1) is 0 Å². The van der Waals surface area contributed by atoms with Gasteiger partial charge in [-0.3, -0.25) is 4.84 Å². The van der Waals surface area contributed by atoms with E-state index in [4.69, 9.17) is 4.84 Å². The number of hydrogen-bond acceptors (Lipinski definition) is 4. The van der Waals surface area contributed by atoms with Crippen molar-refractivity contribution >= 4 is 16.9 Å². The molecule has 0 saturated heterocycles. The molecule has 5 heteroatoms. The lowest BCUT2D eigenvalue weighted by Gasteiger charge is -2.02. The maximum absolute atomic E-state index is 4.80. The molecule has 0 saturated carbocycles. The average molecular weight is 178 g/mol. The van der Waals surface area contributed by atoms with E-state index >= 15 is 0 Å². The summed E-state index contributed by atoms with van der Waals surface area (Å²) in [5.74, 6) is 0.688. The van der Waals surface area contributed by atoms with Gasteiger partial charge in [-0.2, -0.15) is 0 Å². The van der Waals surface area contributed by atoms with Gasteiger partial charge in [0, 0.05) is 13.2 Å². The van der Waals surface area contributed by atoms with Crippen molar-refractivity contribution in [1.29, 1.82) is 0 Å². The number of nitrogens with zero attached hydrogens (tertiary/aromatic N) is 3. The molecule has 0 aliphatic heterocycles. The average Bonchev–Trinajstić information content (AvgIpc) is 2.50. The maximum Gasteiger partial charge on any atom is 0.162 e. The topological polar surface area (TPSA) is 52.0 Å². The SMILES string of the molecule is CONc1ncnc2c1ccn2C. The molecule has 0 aliphatic rings. The molecule has 2 aromatic rings. The van der Waals surface area contributed by atoms with Gasteiger partial charge in [0.05, 0.1) is 12.5 Å². The predicted octanol–water partition coefficient (Wildman–Crippen LogP) is 0.942. The molecule has 68 valence electrons. The molecule has 0 fully saturated rings. The van der Waals surface area contributed by atoms with Crippen molar-refractivity contribution in [3.63, 3.8) is 0 Å². The Balaban J connectivity index is 2.63. The quantitative estimate of drug-likeness (QED) is 0.695. The third kappa shape index (κ3) is 1.23. The summed E-state index contributed by atoms with van der Waals surface area (Å²) in [5.41, 5.74) is 3.58. The summed E-state index contributed by atoms with van der Waals surface area (Å²) < 4.78 is 1.93. The molecule has 1 N–H and O–H groups in total. The Morgan fingerprint density at radius 3 is 3.08 bits per heavy atom. The number of nitrogens with one attached hydrogen (secondary N) is 1. The fourth-order valence-corrected chi connectivity index (χ4v) is 1.26. The number of fused-ring (bicyclic) bond motifs is 1. The normalized spacial score (nSPS) is 10.6. The zero-order valence-corrected chi connectivity index (χ0v) is 7.48. The summed E-state index contributed by atoms with van der Waals surface area (Å²) in [7, 11) is 3.49. The highest BCUT2D eigenvalue weighted by molar-refractivity contribution is 5.86. The number of rotatable bonds is 2. The van der Waals surface area contributed by atoms with Gasteiger partial charge in [-0.25, -0.2) is 15.4 Å². The molecule has 0 aliphatic carbocycles. The molecule has 13 heavy (non-hydrogen) atoms. The van der Waals surface area contributed by atoms with Gasteiger partial charge in [0.1, 0.15) is 12.0 Å². The first-order valence-electron chi connectivity index (χ1n) is 3.88. The minimum absolute atomic E-state index is 0.688. The Morgan fingerprint density at radius 2 is 2.31 bits per heavy atom. The molecule has 2 heterocycles. The Kier molecular flexibility index (Phi) is 1.86. The van der Waals surface area contributed by atoms with E-state index < -0.39 is 0 Å². The van der Waals surface area contributed by atoms with Crippen LogP contribution in [0.15, 0.2) is 18.6 Å². The molecule has 2 aromatic heterocycles. The van der Waals surface area contributed by atoms with E-state index in [2.05, 4.69) is 15.4 Å². The lowest BCUT2D eigenvalue weighted by atomic mass is 10.4. The lowest BCUT2D eigenvalue weighted by molar-refractivity contribution is 0.269. The largest absolute Gasteiger partial charge is 0.335 e. The van der Waals surface area contributed by atoms with E-state index in [1.807, 2.05) is 23.9 Å². The van der Waals surface area contributed by atoms with Crippen molar-refractivity contribution < 1.29 is 4.84 Å². The fraction of sp³-hybridized carbons (Fsp3) is 0.250. The fourth-order valence-electron chi connectivity index (χ4n) is 1.26. The van der Waals surface area contributed by atoms with Crippen LogP contribution in [0.4, 0.5) is 5.82 Å². The summed E-state index contributed by atoms with van der Waals surface area (Å²) in [6.45, 7) is 0. The zero-order chi connectivity index (χ0) is 9.26. The van der Waals surface area contributed by atoms with Gasteiger partial charge >= 0.3 is 0 Å². The van der Waals surface area contributed by atoms with Gasteiger partial charge in [0.15, 0.2) is 5.82 Å². The number of aryl methyl sites for hydroxylation is 1. The summed E-state index contributed by atoms with van der Waals surface area (Å²) in [4.78, 5) is 13.0. The Bertz CT molecular complexity index is 423. The van der Waals surface area contributed by atoms with Crippen molar-refractivity contribution in [3.05, 3.63) is 18.6 Å². The predicted molar refractivity (Wildman–Crippen MR) is 49.1 cm³/mol. The Hall–Kier alpha value is -1.62. The molecule has 0 spiro atoms. The van der Waals surface area contributed by atoms with E-state index in [9.17, 15) is 0 Å². The molecule has 0 bridgehead atoms. The second kappa shape index (κ2) is 3.02. The molecule has 0 unspecified atom stereocenters. The van der Waals surface area contributed by atoms with Crippen LogP contribution in [-0.2, 0) is 11.9 Å². The first-order chi connectivity index (χ1) is 6.33. The highest BCUT2D eigenvalue weighted by atomic mass is 16.6. The smallest absolute Gasteiger partial charge is 0.162 e. The molecular weight excluding hydrogens is 168 g/mol. The van der Waals surface area contributed by atoms with Gasteiger partial charge in [-0.1, -0.05) is 0 Å². The minimum atomic E-state index is 0.688. The van der Waals surface area contributed by atoms with Crippen molar-refractivity contribution in [1.82, 2.24) is 14.5 Å². The van der Waals surface area contributed by atoms with Crippen molar-refractivity contribution in [2.75, 3.05) is 12.6 Å². The van der Waals surface area contributed by atoms with E-state index in [1.54, 1.807) is 7.11 Å². The van der Waals surface area contributed by atoms with Gasteiger partial charge in [0.25, 0.3) is 0 Å². The molecular formula is C8H10N4O. The van der Waals surface area contributed by atoms with Gasteiger partial charge < -0.3 is 4.57 Å². The highest BCUT2D eigenvalue weighted by Crippen LogP contribution is 2.18. The Labute approximate surface area is 75.3 Å². The van der Waals surface area contributed by atoms with Crippen molar-refractivity contribution in [2.45, 2.75) is 0 Å². The summed E-state index contributed by atoms with van der Waals surface area (Å²) in [6.07, 6.45) is 3.43. The third-order valence-corrected chi connectivity index (χ3v) is 1.86. The summed E-state index contributed by atoms with van der Waals surface area (Å²) in [6, 6.07) is 1.94. The van der Waals surface area contributed by atoms with Crippen LogP contribution >= 0.6 is 0 Å². The molecule has 0 amide bonds. The number of anilines is 1. The van der Waals surface area contributed by atoms with E-state index in [0.717, 1.165) is 11.0 Å². The van der Waals surface area contributed by atoms with Crippen molar-refractivity contribution in [2.24, 2.45) is 7.05 Å². The summed E-state index contributed by atoms with van der Waals surface area (Å²) >= 11 is 0. The zero-order valence-electron chi connectivity index (χ0n) is 7.48. The first kappa shape index (κ1) is 8.00. The van der Waals surface area contributed by atoms with Crippen molar-refractivity contribution in [3.8, 4) is 0 Å². The van der Waals surface area contributed by atoms with Crippen LogP contribution in [0.5, 0.6) is 0 Å². The van der Waals surface area contributed by atoms with Crippen LogP contribution in [0.2, 0.25) is 0 Å². The molecule has 0 atom stereocenters. The van der Waals surface area contributed by atoms with Crippen LogP contribution in [-0.4, -0.2) is 21.6 Å². The van der Waals surface area contributed by atoms with Crippen LogP contribution in [0, 0.1) is 0 Å². The number of aromatic nitrogens is 3.